The first-order valence-corrected chi connectivity index (χ1v) is 6.76. The smallest absolute Gasteiger partial charge is 0.0453 e. The highest BCUT2D eigenvalue weighted by Crippen LogP contribution is 2.30. The molecule has 0 aliphatic heterocycles. The van der Waals surface area contributed by atoms with E-state index in [1.165, 1.54) is 11.1 Å². The quantitative estimate of drug-likeness (QED) is 0.747. The van der Waals surface area contributed by atoms with Crippen LogP contribution in [0.5, 0.6) is 0 Å². The van der Waals surface area contributed by atoms with E-state index in [0.717, 1.165) is 17.1 Å². The highest BCUT2D eigenvalue weighted by molar-refractivity contribution is 9.09. The van der Waals surface area contributed by atoms with Crippen molar-refractivity contribution in [2.45, 2.75) is 18.2 Å². The molecule has 3 heteroatoms. The summed E-state index contributed by atoms with van der Waals surface area (Å²) >= 11 is 9.67. The summed E-state index contributed by atoms with van der Waals surface area (Å²) < 4.78 is 0. The molecule has 1 aromatic carbocycles. The van der Waals surface area contributed by atoms with Crippen molar-refractivity contribution < 1.29 is 0 Å². The first-order valence-electron chi connectivity index (χ1n) is 5.47. The number of halogens is 2. The van der Waals surface area contributed by atoms with Gasteiger partial charge in [0.1, 0.15) is 0 Å². The predicted octanol–water partition coefficient (Wildman–Crippen LogP) is 4.72. The zero-order valence-electron chi connectivity index (χ0n) is 9.53. The Morgan fingerprint density at radius 1 is 1.29 bits per heavy atom. The number of benzene rings is 1. The lowest BCUT2D eigenvalue weighted by Gasteiger charge is -2.13. The topological polar surface area (TPSA) is 12.9 Å². The van der Waals surface area contributed by atoms with Gasteiger partial charge >= 0.3 is 0 Å². The summed E-state index contributed by atoms with van der Waals surface area (Å²) in [6, 6.07) is 12.0. The molecule has 1 atom stereocenters. The van der Waals surface area contributed by atoms with E-state index in [9.17, 15) is 0 Å². The van der Waals surface area contributed by atoms with Crippen molar-refractivity contribution >= 4 is 27.5 Å². The summed E-state index contributed by atoms with van der Waals surface area (Å²) in [5.74, 6) is 0. The second-order valence-electron chi connectivity index (χ2n) is 3.99. The van der Waals surface area contributed by atoms with Gasteiger partial charge in [-0.05, 0) is 42.3 Å². The summed E-state index contributed by atoms with van der Waals surface area (Å²) in [5.41, 5.74) is 3.55. The third-order valence-corrected chi connectivity index (χ3v) is 3.74. The average molecular weight is 311 g/mol. The fourth-order valence-corrected chi connectivity index (χ4v) is 2.88. The number of alkyl halides is 1. The molecule has 2 aromatic rings. The molecule has 1 unspecified atom stereocenters. The number of hydrogen-bond donors (Lipinski definition) is 0. The molecule has 1 nitrogen and oxygen atoms in total. The Bertz CT molecular complexity index is 499. The summed E-state index contributed by atoms with van der Waals surface area (Å²) in [5, 5.41) is 0.781. The molecule has 0 radical (unpaired) electrons. The molecule has 0 spiro atoms. The second-order valence-corrected chi connectivity index (χ2v) is 5.54. The summed E-state index contributed by atoms with van der Waals surface area (Å²) in [7, 11) is 0. The van der Waals surface area contributed by atoms with E-state index in [2.05, 4.69) is 33.9 Å². The van der Waals surface area contributed by atoms with Crippen LogP contribution >= 0.6 is 27.5 Å². The van der Waals surface area contributed by atoms with E-state index in [4.69, 9.17) is 11.6 Å². The van der Waals surface area contributed by atoms with Crippen molar-refractivity contribution in [3.63, 3.8) is 0 Å². The van der Waals surface area contributed by atoms with Crippen molar-refractivity contribution in [1.82, 2.24) is 4.98 Å². The van der Waals surface area contributed by atoms with E-state index in [0.29, 0.717) is 0 Å². The minimum Gasteiger partial charge on any atom is -0.261 e. The number of hydrogen-bond acceptors (Lipinski definition) is 1. The molecule has 1 aromatic heterocycles. The third-order valence-electron chi connectivity index (χ3n) is 2.68. The van der Waals surface area contributed by atoms with Crippen molar-refractivity contribution in [2.24, 2.45) is 0 Å². The minimum atomic E-state index is 0.273. The second kappa shape index (κ2) is 5.65. The number of aryl methyl sites for hydroxylation is 1. The largest absolute Gasteiger partial charge is 0.261 e. The fourth-order valence-electron chi connectivity index (χ4n) is 1.80. The van der Waals surface area contributed by atoms with Crippen molar-refractivity contribution in [3.8, 4) is 0 Å². The molecule has 0 fully saturated rings. The molecule has 2 rings (SSSR count). The van der Waals surface area contributed by atoms with Crippen molar-refractivity contribution in [1.29, 1.82) is 0 Å². The van der Waals surface area contributed by atoms with E-state index in [-0.39, 0.29) is 4.83 Å². The van der Waals surface area contributed by atoms with Gasteiger partial charge in [-0.25, -0.2) is 0 Å². The van der Waals surface area contributed by atoms with E-state index < -0.39 is 0 Å². The average Bonchev–Trinajstić information content (AvgIpc) is 2.30. The van der Waals surface area contributed by atoms with Crippen molar-refractivity contribution in [3.05, 3.63) is 64.4 Å². The highest BCUT2D eigenvalue weighted by Gasteiger charge is 2.11. The number of pyridine rings is 1. The van der Waals surface area contributed by atoms with Gasteiger partial charge in [0, 0.05) is 28.2 Å². The van der Waals surface area contributed by atoms with Crippen molar-refractivity contribution in [2.75, 3.05) is 0 Å². The molecule has 0 saturated heterocycles. The summed E-state index contributed by atoms with van der Waals surface area (Å²) in [6.07, 6.45) is 2.70. The molecule has 0 aliphatic carbocycles. The maximum absolute atomic E-state index is 5.95. The Kier molecular flexibility index (Phi) is 4.19. The van der Waals surface area contributed by atoms with Crippen LogP contribution in [0, 0.1) is 6.92 Å². The van der Waals surface area contributed by atoms with Crippen LogP contribution in [0.25, 0.3) is 0 Å². The standard InChI is InChI=1S/C14H13BrClN/c1-10-8-11(16)5-6-13(10)14(15)9-12-4-2-3-7-17-12/h2-8,14H,9H2,1H3. The van der Waals surface area contributed by atoms with Crippen LogP contribution in [0.1, 0.15) is 21.6 Å². The Morgan fingerprint density at radius 2 is 2.12 bits per heavy atom. The van der Waals surface area contributed by atoms with E-state index >= 15 is 0 Å². The summed E-state index contributed by atoms with van der Waals surface area (Å²) in [4.78, 5) is 4.61. The van der Waals surface area contributed by atoms with Gasteiger partial charge in [-0.15, -0.1) is 0 Å². The minimum absolute atomic E-state index is 0.273. The molecule has 0 saturated carbocycles. The molecular weight excluding hydrogens is 298 g/mol. The number of aromatic nitrogens is 1. The Balaban J connectivity index is 2.17. The molecule has 17 heavy (non-hydrogen) atoms. The van der Waals surface area contributed by atoms with Crippen LogP contribution in [0.3, 0.4) is 0 Å². The lowest BCUT2D eigenvalue weighted by molar-refractivity contribution is 0.897. The zero-order chi connectivity index (χ0) is 12.3. The Hall–Kier alpha value is -0.860. The van der Waals surface area contributed by atoms with Crippen LogP contribution < -0.4 is 0 Å². The molecule has 0 amide bonds. The first kappa shape index (κ1) is 12.6. The van der Waals surface area contributed by atoms with Gasteiger partial charge in [-0.3, -0.25) is 4.98 Å². The molecule has 1 heterocycles. The predicted molar refractivity (Wildman–Crippen MR) is 75.8 cm³/mol. The molecular formula is C14H13BrClN. The molecule has 88 valence electrons. The Morgan fingerprint density at radius 3 is 2.76 bits per heavy atom. The lowest BCUT2D eigenvalue weighted by Crippen LogP contribution is -1.99. The molecule has 0 bridgehead atoms. The SMILES string of the molecule is Cc1cc(Cl)ccc1C(Br)Cc1ccccn1. The van der Waals surface area contributed by atoms with Gasteiger partial charge in [0.2, 0.25) is 0 Å². The van der Waals surface area contributed by atoms with Gasteiger partial charge in [0.15, 0.2) is 0 Å². The number of rotatable bonds is 3. The van der Waals surface area contributed by atoms with Gasteiger partial charge in [0.25, 0.3) is 0 Å². The van der Waals surface area contributed by atoms with Gasteiger partial charge in [0.05, 0.1) is 0 Å². The lowest BCUT2D eigenvalue weighted by atomic mass is 10.0. The van der Waals surface area contributed by atoms with Gasteiger partial charge in [-0.1, -0.05) is 39.7 Å². The third kappa shape index (κ3) is 3.30. The highest BCUT2D eigenvalue weighted by atomic mass is 79.9. The van der Waals surface area contributed by atoms with E-state index in [1.54, 1.807) is 0 Å². The van der Waals surface area contributed by atoms with Crippen LogP contribution in [-0.4, -0.2) is 4.98 Å². The molecule has 0 aliphatic rings. The first-order chi connectivity index (χ1) is 8.16. The van der Waals surface area contributed by atoms with Crippen LogP contribution in [0.4, 0.5) is 0 Å². The normalized spacial score (nSPS) is 12.4. The number of nitrogens with zero attached hydrogens (tertiary/aromatic N) is 1. The zero-order valence-corrected chi connectivity index (χ0v) is 11.9. The molecule has 0 N–H and O–H groups in total. The van der Waals surface area contributed by atoms with E-state index in [1.807, 2.05) is 36.5 Å². The van der Waals surface area contributed by atoms with Gasteiger partial charge < -0.3 is 0 Å². The Labute approximate surface area is 115 Å². The maximum atomic E-state index is 5.95. The monoisotopic (exact) mass is 309 g/mol. The summed E-state index contributed by atoms with van der Waals surface area (Å²) in [6.45, 7) is 2.08. The fraction of sp³-hybridized carbons (Fsp3) is 0.214. The van der Waals surface area contributed by atoms with Crippen LogP contribution in [0.15, 0.2) is 42.6 Å². The maximum Gasteiger partial charge on any atom is 0.0453 e. The van der Waals surface area contributed by atoms with Crippen LogP contribution in [-0.2, 0) is 6.42 Å². The van der Waals surface area contributed by atoms with Crippen LogP contribution in [0.2, 0.25) is 5.02 Å². The van der Waals surface area contributed by atoms with Gasteiger partial charge in [-0.2, -0.15) is 0 Å².